The normalized spacial score (nSPS) is 63.9. The molecule has 0 amide bonds. The minimum atomic E-state index is -0.122. The third kappa shape index (κ3) is 0.453. The van der Waals surface area contributed by atoms with Crippen molar-refractivity contribution in [1.29, 1.82) is 0 Å². The summed E-state index contributed by atoms with van der Waals surface area (Å²) in [5.41, 5.74) is 0. The Labute approximate surface area is 60.2 Å². The Bertz CT molecular complexity index is 167. The molecule has 2 heteroatoms. The molecule has 5 atom stereocenters. The van der Waals surface area contributed by atoms with Crippen molar-refractivity contribution in [2.45, 2.75) is 25.0 Å². The summed E-state index contributed by atoms with van der Waals surface area (Å²) in [6.07, 6.45) is 2.56. The van der Waals surface area contributed by atoms with Gasteiger partial charge >= 0.3 is 0 Å². The van der Waals surface area contributed by atoms with Crippen molar-refractivity contribution in [3.8, 4) is 0 Å². The predicted molar refractivity (Wildman–Crippen MR) is 35.5 cm³/mol. The molecular formula is C8H12O2. The van der Waals surface area contributed by atoms with Gasteiger partial charge in [0.1, 0.15) is 0 Å². The van der Waals surface area contributed by atoms with Gasteiger partial charge in [0.15, 0.2) is 0 Å². The maximum Gasteiger partial charge on any atom is 0.0868 e. The number of aliphatic hydroxyl groups is 1. The molecular weight excluding hydrogens is 128 g/mol. The van der Waals surface area contributed by atoms with E-state index in [2.05, 4.69) is 0 Å². The van der Waals surface area contributed by atoms with Gasteiger partial charge in [-0.05, 0) is 30.6 Å². The molecule has 1 saturated heterocycles. The molecule has 0 unspecified atom stereocenters. The second-order valence-corrected chi connectivity index (χ2v) is 3.94. The average Bonchev–Trinajstić information content (AvgIpc) is 2.43. The van der Waals surface area contributed by atoms with Gasteiger partial charge in [-0.1, -0.05) is 0 Å². The number of ether oxygens (including phenoxy) is 1. The van der Waals surface area contributed by atoms with Gasteiger partial charge in [-0.25, -0.2) is 0 Å². The van der Waals surface area contributed by atoms with E-state index in [1.807, 2.05) is 0 Å². The van der Waals surface area contributed by atoms with Crippen LogP contribution in [-0.2, 0) is 4.74 Å². The number of rotatable bonds is 0. The summed E-state index contributed by atoms with van der Waals surface area (Å²) in [5, 5.41) is 9.58. The lowest BCUT2D eigenvalue weighted by Crippen LogP contribution is -2.31. The molecule has 2 nitrogen and oxygen atoms in total. The zero-order valence-electron chi connectivity index (χ0n) is 5.86. The van der Waals surface area contributed by atoms with Crippen molar-refractivity contribution < 1.29 is 9.84 Å². The Kier molecular flexibility index (Phi) is 0.868. The molecule has 2 aliphatic carbocycles. The number of aliphatic hydroxyl groups excluding tert-OH is 1. The first-order chi connectivity index (χ1) is 4.86. The van der Waals surface area contributed by atoms with Crippen molar-refractivity contribution in [3.63, 3.8) is 0 Å². The highest BCUT2D eigenvalue weighted by atomic mass is 16.5. The van der Waals surface area contributed by atoms with Crippen LogP contribution in [0.15, 0.2) is 0 Å². The van der Waals surface area contributed by atoms with Crippen molar-refractivity contribution in [2.75, 3.05) is 6.61 Å². The summed E-state index contributed by atoms with van der Waals surface area (Å²) < 4.78 is 5.49. The molecule has 1 heterocycles. The summed E-state index contributed by atoms with van der Waals surface area (Å²) in [6, 6.07) is 0. The molecule has 3 fully saturated rings. The van der Waals surface area contributed by atoms with Crippen molar-refractivity contribution in [2.24, 2.45) is 17.8 Å². The summed E-state index contributed by atoms with van der Waals surface area (Å²) in [6.45, 7) is 0.920. The minimum Gasteiger partial charge on any atom is -0.390 e. The Morgan fingerprint density at radius 1 is 1.20 bits per heavy atom. The Hall–Kier alpha value is -0.0800. The smallest absolute Gasteiger partial charge is 0.0868 e. The van der Waals surface area contributed by atoms with Crippen LogP contribution in [0, 0.1) is 17.8 Å². The first-order valence-corrected chi connectivity index (χ1v) is 4.16. The van der Waals surface area contributed by atoms with Crippen LogP contribution in [0.2, 0.25) is 0 Å². The highest BCUT2D eigenvalue weighted by Crippen LogP contribution is 2.53. The molecule has 2 bridgehead atoms. The first kappa shape index (κ1) is 5.56. The highest BCUT2D eigenvalue weighted by Gasteiger charge is 2.56. The molecule has 1 N–H and O–H groups in total. The summed E-state index contributed by atoms with van der Waals surface area (Å²) in [4.78, 5) is 0. The zero-order valence-corrected chi connectivity index (χ0v) is 5.86. The fourth-order valence-electron chi connectivity index (χ4n) is 3.05. The third-order valence-corrected chi connectivity index (χ3v) is 3.53. The van der Waals surface area contributed by atoms with Gasteiger partial charge in [0.25, 0.3) is 0 Å². The molecule has 0 spiro atoms. The highest BCUT2D eigenvalue weighted by molar-refractivity contribution is 5.05. The summed E-state index contributed by atoms with van der Waals surface area (Å²) in [7, 11) is 0. The Morgan fingerprint density at radius 2 is 2.10 bits per heavy atom. The Balaban J connectivity index is 2.00. The number of fused-ring (bicyclic) bond motifs is 1. The van der Waals surface area contributed by atoms with E-state index in [0.29, 0.717) is 5.92 Å². The molecule has 1 aliphatic heterocycles. The van der Waals surface area contributed by atoms with Gasteiger partial charge in [-0.3, -0.25) is 0 Å². The van der Waals surface area contributed by atoms with E-state index in [-0.39, 0.29) is 12.2 Å². The van der Waals surface area contributed by atoms with Gasteiger partial charge in [-0.2, -0.15) is 0 Å². The van der Waals surface area contributed by atoms with Crippen molar-refractivity contribution in [1.82, 2.24) is 0 Å². The van der Waals surface area contributed by atoms with E-state index in [0.717, 1.165) is 18.4 Å². The molecule has 0 aromatic rings. The lowest BCUT2D eigenvalue weighted by molar-refractivity contribution is -0.00819. The molecule has 10 heavy (non-hydrogen) atoms. The second kappa shape index (κ2) is 1.56. The topological polar surface area (TPSA) is 29.5 Å². The van der Waals surface area contributed by atoms with Crippen molar-refractivity contribution >= 4 is 0 Å². The van der Waals surface area contributed by atoms with E-state index in [4.69, 9.17) is 4.74 Å². The molecule has 3 rings (SSSR count). The standard InChI is InChI=1S/C8H12O2/c9-7-4-1-5-3-10-8(7)6(5)2-4/h4-9H,1-3H2/t4-,5-,6-,7+,8-/m1/s1. The quantitative estimate of drug-likeness (QED) is 0.528. The van der Waals surface area contributed by atoms with Crippen LogP contribution in [0.1, 0.15) is 12.8 Å². The van der Waals surface area contributed by atoms with Gasteiger partial charge in [0, 0.05) is 0 Å². The second-order valence-electron chi connectivity index (χ2n) is 3.94. The molecule has 56 valence electrons. The van der Waals surface area contributed by atoms with Crippen molar-refractivity contribution in [3.05, 3.63) is 0 Å². The van der Waals surface area contributed by atoms with Gasteiger partial charge < -0.3 is 9.84 Å². The van der Waals surface area contributed by atoms with Gasteiger partial charge in [0.2, 0.25) is 0 Å². The SMILES string of the molecule is O[C@H]1[C@@H]2C[C@@H]3CO[C@@H]1[C@@H]3C2. The molecule has 0 radical (unpaired) electrons. The van der Waals surface area contributed by atoms with Crippen LogP contribution in [-0.4, -0.2) is 23.9 Å². The van der Waals surface area contributed by atoms with Gasteiger partial charge in [0.05, 0.1) is 18.8 Å². The van der Waals surface area contributed by atoms with Crippen LogP contribution in [0.4, 0.5) is 0 Å². The first-order valence-electron chi connectivity index (χ1n) is 4.16. The van der Waals surface area contributed by atoms with E-state index >= 15 is 0 Å². The van der Waals surface area contributed by atoms with E-state index in [1.54, 1.807) is 0 Å². The maximum absolute atomic E-state index is 9.58. The number of hydrogen-bond donors (Lipinski definition) is 1. The molecule has 0 aromatic heterocycles. The molecule has 3 aliphatic rings. The average molecular weight is 140 g/mol. The van der Waals surface area contributed by atoms with Crippen LogP contribution in [0.5, 0.6) is 0 Å². The lowest BCUT2D eigenvalue weighted by atomic mass is 9.89. The Morgan fingerprint density at radius 3 is 2.80 bits per heavy atom. The summed E-state index contributed by atoms with van der Waals surface area (Å²) in [5.74, 6) is 2.11. The van der Waals surface area contributed by atoms with E-state index < -0.39 is 0 Å². The number of hydrogen-bond acceptors (Lipinski definition) is 2. The maximum atomic E-state index is 9.58. The van der Waals surface area contributed by atoms with Gasteiger partial charge in [-0.15, -0.1) is 0 Å². The van der Waals surface area contributed by atoms with Crippen LogP contribution >= 0.6 is 0 Å². The van der Waals surface area contributed by atoms with Crippen LogP contribution in [0.3, 0.4) is 0 Å². The monoisotopic (exact) mass is 140 g/mol. The lowest BCUT2D eigenvalue weighted by Gasteiger charge is -2.21. The molecule has 0 aromatic carbocycles. The van der Waals surface area contributed by atoms with E-state index in [1.165, 1.54) is 12.8 Å². The van der Waals surface area contributed by atoms with E-state index in [9.17, 15) is 5.11 Å². The minimum absolute atomic E-state index is 0.122. The third-order valence-electron chi connectivity index (χ3n) is 3.53. The predicted octanol–water partition coefficient (Wildman–Crippen LogP) is 0.402. The largest absolute Gasteiger partial charge is 0.390 e. The fourth-order valence-corrected chi connectivity index (χ4v) is 3.05. The summed E-state index contributed by atoms with van der Waals surface area (Å²) >= 11 is 0. The zero-order chi connectivity index (χ0) is 6.72. The fraction of sp³-hybridized carbons (Fsp3) is 1.00. The van der Waals surface area contributed by atoms with Crippen LogP contribution in [0.25, 0.3) is 0 Å². The van der Waals surface area contributed by atoms with Crippen LogP contribution < -0.4 is 0 Å². The molecule has 2 saturated carbocycles.